The van der Waals surface area contributed by atoms with Crippen LogP contribution in [0.4, 0.5) is 4.39 Å². The number of rotatable bonds is 3. The molecule has 0 saturated carbocycles. The summed E-state index contributed by atoms with van der Waals surface area (Å²) in [6.07, 6.45) is 2.20. The van der Waals surface area contributed by atoms with Gasteiger partial charge in [-0.3, -0.25) is 0 Å². The maximum Gasteiger partial charge on any atom is 0.123 e. The first kappa shape index (κ1) is 10.7. The molecule has 0 aliphatic carbocycles. The highest BCUT2D eigenvalue weighted by atomic mass is 19.1. The zero-order valence-corrected chi connectivity index (χ0v) is 8.20. The first-order valence-corrected chi connectivity index (χ1v) is 4.54. The quantitative estimate of drug-likeness (QED) is 0.767. The van der Waals surface area contributed by atoms with Gasteiger partial charge in [-0.05, 0) is 42.8 Å². The lowest BCUT2D eigenvalue weighted by atomic mass is 10.0. The first-order chi connectivity index (χ1) is 6.63. The molecule has 0 amide bonds. The van der Waals surface area contributed by atoms with E-state index in [2.05, 4.69) is 0 Å². The van der Waals surface area contributed by atoms with Gasteiger partial charge in [-0.2, -0.15) is 0 Å². The molecule has 0 radical (unpaired) electrons. The van der Waals surface area contributed by atoms with Crippen molar-refractivity contribution in [1.29, 1.82) is 0 Å². The standard InChI is InChI=1S/C11H15FN2/c1-8(14)10(7-13)6-9-2-4-11(12)5-3-9/h2-5,7-8H,6,13-14H2,1H3/b10-7-. The zero-order valence-electron chi connectivity index (χ0n) is 8.20. The fourth-order valence-corrected chi connectivity index (χ4v) is 1.21. The molecular weight excluding hydrogens is 179 g/mol. The second kappa shape index (κ2) is 4.77. The van der Waals surface area contributed by atoms with E-state index in [0.717, 1.165) is 11.1 Å². The van der Waals surface area contributed by atoms with Gasteiger partial charge < -0.3 is 11.5 Å². The zero-order chi connectivity index (χ0) is 10.6. The molecule has 0 spiro atoms. The minimum atomic E-state index is -0.229. The minimum absolute atomic E-state index is 0.0648. The van der Waals surface area contributed by atoms with Crippen molar-refractivity contribution in [3.63, 3.8) is 0 Å². The molecule has 76 valence electrons. The second-order valence-electron chi connectivity index (χ2n) is 3.33. The number of hydrogen-bond acceptors (Lipinski definition) is 2. The van der Waals surface area contributed by atoms with E-state index >= 15 is 0 Å². The largest absolute Gasteiger partial charge is 0.405 e. The van der Waals surface area contributed by atoms with Crippen LogP contribution in [0.25, 0.3) is 0 Å². The van der Waals surface area contributed by atoms with Crippen molar-refractivity contribution >= 4 is 0 Å². The van der Waals surface area contributed by atoms with Crippen LogP contribution in [0, 0.1) is 5.82 Å². The topological polar surface area (TPSA) is 52.0 Å². The van der Waals surface area contributed by atoms with Crippen molar-refractivity contribution in [1.82, 2.24) is 0 Å². The third-order valence-electron chi connectivity index (χ3n) is 2.12. The molecule has 1 atom stereocenters. The first-order valence-electron chi connectivity index (χ1n) is 4.54. The number of benzene rings is 1. The molecule has 1 aromatic rings. The molecule has 0 fully saturated rings. The van der Waals surface area contributed by atoms with Crippen molar-refractivity contribution in [3.8, 4) is 0 Å². The Morgan fingerprint density at radius 2 is 2.00 bits per heavy atom. The molecule has 0 bridgehead atoms. The van der Waals surface area contributed by atoms with Crippen molar-refractivity contribution < 1.29 is 4.39 Å². The smallest absolute Gasteiger partial charge is 0.123 e. The van der Waals surface area contributed by atoms with Crippen LogP contribution in [-0.4, -0.2) is 6.04 Å². The summed E-state index contributed by atoms with van der Waals surface area (Å²) >= 11 is 0. The summed E-state index contributed by atoms with van der Waals surface area (Å²) in [4.78, 5) is 0. The Kier molecular flexibility index (Phi) is 3.65. The van der Waals surface area contributed by atoms with Gasteiger partial charge in [-0.15, -0.1) is 0 Å². The fourth-order valence-electron chi connectivity index (χ4n) is 1.21. The summed E-state index contributed by atoms with van der Waals surface area (Å²) in [5.41, 5.74) is 13.1. The van der Waals surface area contributed by atoms with Crippen LogP contribution in [0.15, 0.2) is 36.0 Å². The third kappa shape index (κ3) is 2.85. The minimum Gasteiger partial charge on any atom is -0.405 e. The van der Waals surface area contributed by atoms with Crippen molar-refractivity contribution in [3.05, 3.63) is 47.4 Å². The maximum atomic E-state index is 12.6. The molecule has 1 aromatic carbocycles. The summed E-state index contributed by atoms with van der Waals surface area (Å²) in [7, 11) is 0. The molecule has 1 rings (SSSR count). The Balaban J connectivity index is 2.73. The van der Waals surface area contributed by atoms with Gasteiger partial charge in [0.05, 0.1) is 0 Å². The molecule has 0 aromatic heterocycles. The molecule has 0 aliphatic rings. The van der Waals surface area contributed by atoms with Gasteiger partial charge in [-0.1, -0.05) is 12.1 Å². The molecule has 0 aliphatic heterocycles. The summed E-state index contributed by atoms with van der Waals surface area (Å²) in [5.74, 6) is -0.229. The average molecular weight is 194 g/mol. The molecule has 0 saturated heterocycles. The summed E-state index contributed by atoms with van der Waals surface area (Å²) < 4.78 is 12.6. The summed E-state index contributed by atoms with van der Waals surface area (Å²) in [5, 5.41) is 0. The van der Waals surface area contributed by atoms with E-state index in [1.54, 1.807) is 12.1 Å². The van der Waals surface area contributed by atoms with E-state index in [0.29, 0.717) is 6.42 Å². The van der Waals surface area contributed by atoms with Gasteiger partial charge in [0.15, 0.2) is 0 Å². The molecular formula is C11H15FN2. The van der Waals surface area contributed by atoms with Crippen LogP contribution in [-0.2, 0) is 6.42 Å². The highest BCUT2D eigenvalue weighted by Crippen LogP contribution is 2.10. The Hall–Kier alpha value is -1.35. The van der Waals surface area contributed by atoms with E-state index in [1.807, 2.05) is 6.92 Å². The van der Waals surface area contributed by atoms with Gasteiger partial charge in [0, 0.05) is 6.04 Å². The van der Waals surface area contributed by atoms with Gasteiger partial charge in [0.1, 0.15) is 5.82 Å². The highest BCUT2D eigenvalue weighted by molar-refractivity contribution is 5.24. The van der Waals surface area contributed by atoms with Crippen LogP contribution >= 0.6 is 0 Å². The van der Waals surface area contributed by atoms with Crippen LogP contribution < -0.4 is 11.5 Å². The lowest BCUT2D eigenvalue weighted by molar-refractivity contribution is 0.627. The van der Waals surface area contributed by atoms with E-state index in [-0.39, 0.29) is 11.9 Å². The van der Waals surface area contributed by atoms with Crippen molar-refractivity contribution in [2.75, 3.05) is 0 Å². The SMILES string of the molecule is CC(N)/C(=C\N)Cc1ccc(F)cc1. The monoisotopic (exact) mass is 194 g/mol. The lowest BCUT2D eigenvalue weighted by Gasteiger charge is -2.10. The van der Waals surface area contributed by atoms with E-state index in [9.17, 15) is 4.39 Å². The molecule has 3 heteroatoms. The van der Waals surface area contributed by atoms with Crippen LogP contribution in [0.2, 0.25) is 0 Å². The van der Waals surface area contributed by atoms with E-state index in [1.165, 1.54) is 18.3 Å². The molecule has 4 N–H and O–H groups in total. The second-order valence-corrected chi connectivity index (χ2v) is 3.33. The Labute approximate surface area is 83.4 Å². The van der Waals surface area contributed by atoms with E-state index < -0.39 is 0 Å². The van der Waals surface area contributed by atoms with Crippen LogP contribution in [0.1, 0.15) is 12.5 Å². The van der Waals surface area contributed by atoms with Crippen molar-refractivity contribution in [2.45, 2.75) is 19.4 Å². The van der Waals surface area contributed by atoms with Gasteiger partial charge >= 0.3 is 0 Å². The summed E-state index contributed by atoms with van der Waals surface area (Å²) in [6, 6.07) is 6.28. The average Bonchev–Trinajstić information content (AvgIpc) is 2.16. The van der Waals surface area contributed by atoms with E-state index in [4.69, 9.17) is 11.5 Å². The normalized spacial score (nSPS) is 14.1. The Morgan fingerprint density at radius 1 is 1.43 bits per heavy atom. The summed E-state index contributed by atoms with van der Waals surface area (Å²) in [6.45, 7) is 1.88. The third-order valence-corrected chi connectivity index (χ3v) is 2.12. The van der Waals surface area contributed by atoms with Gasteiger partial charge in [0.2, 0.25) is 0 Å². The van der Waals surface area contributed by atoms with Crippen LogP contribution in [0.5, 0.6) is 0 Å². The number of hydrogen-bond donors (Lipinski definition) is 2. The molecule has 1 unspecified atom stereocenters. The Bertz CT molecular complexity index is 315. The number of halogens is 1. The predicted octanol–water partition coefficient (Wildman–Crippen LogP) is 1.56. The Morgan fingerprint density at radius 3 is 2.43 bits per heavy atom. The maximum absolute atomic E-state index is 12.6. The highest BCUT2D eigenvalue weighted by Gasteiger charge is 2.04. The lowest BCUT2D eigenvalue weighted by Crippen LogP contribution is -2.20. The van der Waals surface area contributed by atoms with Gasteiger partial charge in [0.25, 0.3) is 0 Å². The van der Waals surface area contributed by atoms with Crippen LogP contribution in [0.3, 0.4) is 0 Å². The molecule has 14 heavy (non-hydrogen) atoms. The fraction of sp³-hybridized carbons (Fsp3) is 0.273. The van der Waals surface area contributed by atoms with Gasteiger partial charge in [-0.25, -0.2) is 4.39 Å². The number of nitrogens with two attached hydrogens (primary N) is 2. The molecule has 2 nitrogen and oxygen atoms in total. The molecule has 0 heterocycles. The van der Waals surface area contributed by atoms with Crippen molar-refractivity contribution in [2.24, 2.45) is 11.5 Å². The predicted molar refractivity (Wildman–Crippen MR) is 56.0 cm³/mol.